The largest absolute Gasteiger partial charge is 0.378 e. The van der Waals surface area contributed by atoms with Crippen molar-refractivity contribution in [3.8, 4) is 5.69 Å². The van der Waals surface area contributed by atoms with Gasteiger partial charge in [-0.3, -0.25) is 4.79 Å². The smallest absolute Gasteiger partial charge is 0.274 e. The Kier molecular flexibility index (Phi) is 3.52. The SMILES string of the molecule is Cc1ccc(-n2cnc(C(=O)N3CCOCC3)c2)cc1. The molecule has 1 aliphatic heterocycles. The lowest BCUT2D eigenvalue weighted by Crippen LogP contribution is -2.40. The van der Waals surface area contributed by atoms with Crippen LogP contribution in [0.2, 0.25) is 0 Å². The summed E-state index contributed by atoms with van der Waals surface area (Å²) < 4.78 is 7.12. The third-order valence-corrected chi connectivity index (χ3v) is 3.43. The minimum Gasteiger partial charge on any atom is -0.378 e. The second-order valence-corrected chi connectivity index (χ2v) is 4.91. The summed E-state index contributed by atoms with van der Waals surface area (Å²) in [5.74, 6) is -0.0286. The normalized spacial score (nSPS) is 15.3. The number of nitrogens with zero attached hydrogens (tertiary/aromatic N) is 3. The van der Waals surface area contributed by atoms with Crippen molar-refractivity contribution < 1.29 is 9.53 Å². The number of amides is 1. The van der Waals surface area contributed by atoms with Gasteiger partial charge in [0.1, 0.15) is 12.0 Å². The van der Waals surface area contributed by atoms with Gasteiger partial charge in [-0.15, -0.1) is 0 Å². The fourth-order valence-electron chi connectivity index (χ4n) is 2.22. The van der Waals surface area contributed by atoms with Crippen molar-refractivity contribution in [1.82, 2.24) is 14.5 Å². The summed E-state index contributed by atoms with van der Waals surface area (Å²) in [6, 6.07) is 8.11. The van der Waals surface area contributed by atoms with Crippen LogP contribution in [0.1, 0.15) is 16.1 Å². The molecular formula is C15H17N3O2. The molecular weight excluding hydrogens is 254 g/mol. The van der Waals surface area contributed by atoms with Crippen LogP contribution in [0, 0.1) is 6.92 Å². The number of imidazole rings is 1. The molecule has 0 aliphatic carbocycles. The molecule has 0 spiro atoms. The molecule has 20 heavy (non-hydrogen) atoms. The van der Waals surface area contributed by atoms with Crippen LogP contribution < -0.4 is 0 Å². The number of carbonyl (C=O) groups is 1. The van der Waals surface area contributed by atoms with Gasteiger partial charge in [0, 0.05) is 25.0 Å². The van der Waals surface area contributed by atoms with Crippen molar-refractivity contribution in [2.45, 2.75) is 6.92 Å². The molecule has 5 heteroatoms. The van der Waals surface area contributed by atoms with Gasteiger partial charge >= 0.3 is 0 Å². The minimum absolute atomic E-state index is 0.0286. The molecule has 0 bridgehead atoms. The predicted octanol–water partition coefficient (Wildman–Crippen LogP) is 1.65. The van der Waals surface area contributed by atoms with E-state index < -0.39 is 0 Å². The summed E-state index contributed by atoms with van der Waals surface area (Å²) in [5.41, 5.74) is 2.69. The van der Waals surface area contributed by atoms with Gasteiger partial charge in [0.15, 0.2) is 0 Å². The Morgan fingerprint density at radius 3 is 2.60 bits per heavy atom. The Morgan fingerprint density at radius 1 is 1.20 bits per heavy atom. The Hall–Kier alpha value is -2.14. The molecule has 0 atom stereocenters. The monoisotopic (exact) mass is 271 g/mol. The zero-order valence-corrected chi connectivity index (χ0v) is 11.5. The van der Waals surface area contributed by atoms with E-state index in [2.05, 4.69) is 4.98 Å². The maximum absolute atomic E-state index is 12.3. The molecule has 1 aromatic heterocycles. The summed E-state index contributed by atoms with van der Waals surface area (Å²) in [6.45, 7) is 4.52. The van der Waals surface area contributed by atoms with Gasteiger partial charge in [-0.05, 0) is 19.1 Å². The standard InChI is InChI=1S/C15H17N3O2/c1-12-2-4-13(5-3-12)18-10-14(16-11-18)15(19)17-6-8-20-9-7-17/h2-5,10-11H,6-9H2,1H3. The van der Waals surface area contributed by atoms with Crippen molar-refractivity contribution in [3.63, 3.8) is 0 Å². The van der Waals surface area contributed by atoms with E-state index in [0.29, 0.717) is 32.0 Å². The quantitative estimate of drug-likeness (QED) is 0.834. The Balaban J connectivity index is 1.79. The summed E-state index contributed by atoms with van der Waals surface area (Å²) in [5, 5.41) is 0. The van der Waals surface area contributed by atoms with Crippen LogP contribution in [0.3, 0.4) is 0 Å². The fourth-order valence-corrected chi connectivity index (χ4v) is 2.22. The van der Waals surface area contributed by atoms with Gasteiger partial charge in [-0.25, -0.2) is 4.98 Å². The first-order valence-corrected chi connectivity index (χ1v) is 6.72. The molecule has 1 amide bonds. The molecule has 3 rings (SSSR count). The van der Waals surface area contributed by atoms with E-state index >= 15 is 0 Å². The average Bonchev–Trinajstić information content (AvgIpc) is 2.98. The van der Waals surface area contributed by atoms with Crippen molar-refractivity contribution >= 4 is 5.91 Å². The van der Waals surface area contributed by atoms with E-state index in [0.717, 1.165) is 5.69 Å². The number of morpholine rings is 1. The molecule has 5 nitrogen and oxygen atoms in total. The van der Waals surface area contributed by atoms with Crippen LogP contribution in [0.15, 0.2) is 36.8 Å². The third-order valence-electron chi connectivity index (χ3n) is 3.43. The summed E-state index contributed by atoms with van der Waals surface area (Å²) in [7, 11) is 0. The number of rotatable bonds is 2. The van der Waals surface area contributed by atoms with Gasteiger partial charge in [0.05, 0.1) is 13.2 Å². The first-order chi connectivity index (χ1) is 9.74. The predicted molar refractivity (Wildman–Crippen MR) is 75.0 cm³/mol. The minimum atomic E-state index is -0.0286. The van der Waals surface area contributed by atoms with E-state index in [9.17, 15) is 4.79 Å². The maximum Gasteiger partial charge on any atom is 0.274 e. The number of hydrogen-bond donors (Lipinski definition) is 0. The number of benzene rings is 1. The number of carbonyl (C=O) groups excluding carboxylic acids is 1. The second kappa shape index (κ2) is 5.46. The molecule has 104 valence electrons. The highest BCUT2D eigenvalue weighted by atomic mass is 16.5. The van der Waals surface area contributed by atoms with Crippen molar-refractivity contribution in [2.75, 3.05) is 26.3 Å². The number of aromatic nitrogens is 2. The average molecular weight is 271 g/mol. The summed E-state index contributed by atoms with van der Waals surface area (Å²) >= 11 is 0. The molecule has 0 unspecified atom stereocenters. The molecule has 1 fully saturated rings. The van der Waals surface area contributed by atoms with Crippen LogP contribution in [0.4, 0.5) is 0 Å². The van der Waals surface area contributed by atoms with Crippen LogP contribution in [-0.2, 0) is 4.74 Å². The molecule has 1 saturated heterocycles. The molecule has 0 N–H and O–H groups in total. The molecule has 1 aromatic carbocycles. The van der Waals surface area contributed by atoms with Crippen LogP contribution in [-0.4, -0.2) is 46.7 Å². The van der Waals surface area contributed by atoms with Crippen molar-refractivity contribution in [3.05, 3.63) is 48.0 Å². The molecule has 2 heterocycles. The number of hydrogen-bond acceptors (Lipinski definition) is 3. The van der Waals surface area contributed by atoms with E-state index in [-0.39, 0.29) is 5.91 Å². The Bertz CT molecular complexity index is 598. The first kappa shape index (κ1) is 12.9. The van der Waals surface area contributed by atoms with E-state index in [1.54, 1.807) is 17.4 Å². The van der Waals surface area contributed by atoms with Crippen LogP contribution in [0.5, 0.6) is 0 Å². The topological polar surface area (TPSA) is 47.4 Å². The Morgan fingerprint density at radius 2 is 1.90 bits per heavy atom. The van der Waals surface area contributed by atoms with Gasteiger partial charge in [0.2, 0.25) is 0 Å². The number of aryl methyl sites for hydroxylation is 1. The summed E-state index contributed by atoms with van der Waals surface area (Å²) in [6.07, 6.45) is 3.46. The fraction of sp³-hybridized carbons (Fsp3) is 0.333. The zero-order valence-electron chi connectivity index (χ0n) is 11.5. The van der Waals surface area contributed by atoms with Gasteiger partial charge in [0.25, 0.3) is 5.91 Å². The lowest BCUT2D eigenvalue weighted by Gasteiger charge is -2.25. The summed E-state index contributed by atoms with van der Waals surface area (Å²) in [4.78, 5) is 18.3. The van der Waals surface area contributed by atoms with E-state index in [1.807, 2.05) is 35.8 Å². The maximum atomic E-state index is 12.3. The highest BCUT2D eigenvalue weighted by Gasteiger charge is 2.20. The molecule has 0 radical (unpaired) electrons. The lowest BCUT2D eigenvalue weighted by molar-refractivity contribution is 0.0299. The van der Waals surface area contributed by atoms with Crippen molar-refractivity contribution in [1.29, 1.82) is 0 Å². The highest BCUT2D eigenvalue weighted by Crippen LogP contribution is 2.12. The van der Waals surface area contributed by atoms with Gasteiger partial charge < -0.3 is 14.2 Å². The first-order valence-electron chi connectivity index (χ1n) is 6.72. The lowest BCUT2D eigenvalue weighted by atomic mass is 10.2. The Labute approximate surface area is 117 Å². The van der Waals surface area contributed by atoms with Crippen molar-refractivity contribution in [2.24, 2.45) is 0 Å². The third kappa shape index (κ3) is 2.58. The molecule has 0 saturated carbocycles. The molecule has 1 aliphatic rings. The highest BCUT2D eigenvalue weighted by molar-refractivity contribution is 5.92. The van der Waals surface area contributed by atoms with Gasteiger partial charge in [-0.2, -0.15) is 0 Å². The van der Waals surface area contributed by atoms with Gasteiger partial charge in [-0.1, -0.05) is 17.7 Å². The number of ether oxygens (including phenoxy) is 1. The van der Waals surface area contributed by atoms with Crippen LogP contribution in [0.25, 0.3) is 5.69 Å². The molecule has 2 aromatic rings. The van der Waals surface area contributed by atoms with Crippen LogP contribution >= 0.6 is 0 Å². The zero-order chi connectivity index (χ0) is 13.9. The van der Waals surface area contributed by atoms with E-state index in [1.165, 1.54) is 5.56 Å². The second-order valence-electron chi connectivity index (χ2n) is 4.91. The van der Waals surface area contributed by atoms with E-state index in [4.69, 9.17) is 4.74 Å².